The van der Waals surface area contributed by atoms with Gasteiger partial charge in [-0.05, 0) is 97.0 Å². The second-order valence-electron chi connectivity index (χ2n) is 10.2. The van der Waals surface area contributed by atoms with E-state index in [9.17, 15) is 18.0 Å². The quantitative estimate of drug-likeness (QED) is 0.280. The predicted octanol–water partition coefficient (Wildman–Crippen LogP) is 8.40. The van der Waals surface area contributed by atoms with Gasteiger partial charge in [0.1, 0.15) is 0 Å². The van der Waals surface area contributed by atoms with E-state index in [4.69, 9.17) is 0 Å². The fourth-order valence-electron chi connectivity index (χ4n) is 5.78. The van der Waals surface area contributed by atoms with Crippen LogP contribution in [0.2, 0.25) is 0 Å². The van der Waals surface area contributed by atoms with Gasteiger partial charge in [0.25, 0.3) is 5.91 Å². The molecule has 1 aliphatic carbocycles. The van der Waals surface area contributed by atoms with Crippen LogP contribution in [0.1, 0.15) is 66.4 Å². The lowest BCUT2D eigenvalue weighted by Gasteiger charge is -2.34. The molecule has 38 heavy (non-hydrogen) atoms. The molecule has 1 amide bonds. The van der Waals surface area contributed by atoms with Crippen molar-refractivity contribution in [3.63, 3.8) is 0 Å². The topological polar surface area (TPSA) is 42.0 Å². The highest BCUT2D eigenvalue weighted by Crippen LogP contribution is 2.41. The average Bonchev–Trinajstić information content (AvgIpc) is 2.95. The zero-order chi connectivity index (χ0) is 26.7. The summed E-state index contributed by atoms with van der Waals surface area (Å²) in [6.45, 7) is 2.09. The van der Waals surface area contributed by atoms with Gasteiger partial charge in [-0.15, -0.1) is 0 Å². The Hall–Kier alpha value is -3.67. The Morgan fingerprint density at radius 3 is 2.26 bits per heavy atom. The third-order valence-corrected chi connectivity index (χ3v) is 7.89. The van der Waals surface area contributed by atoms with Crippen LogP contribution >= 0.6 is 0 Å². The Morgan fingerprint density at radius 2 is 1.61 bits per heavy atom. The number of hydrogen-bond acceptors (Lipinski definition) is 2. The predicted molar refractivity (Wildman–Crippen MR) is 145 cm³/mol. The van der Waals surface area contributed by atoms with Crippen LogP contribution in [0.4, 0.5) is 13.2 Å². The zero-order valence-corrected chi connectivity index (χ0v) is 21.3. The lowest BCUT2D eigenvalue weighted by Crippen LogP contribution is -2.41. The molecule has 1 N–H and O–H groups in total. The van der Waals surface area contributed by atoms with E-state index in [-0.39, 0.29) is 17.9 Å². The monoisotopic (exact) mass is 516 g/mol. The molecule has 5 rings (SSSR count). The number of carbonyl (C=O) groups excluding carboxylic acids is 1. The van der Waals surface area contributed by atoms with E-state index in [1.165, 1.54) is 12.1 Å². The molecule has 1 heterocycles. The molecule has 3 aromatic carbocycles. The smallest absolute Gasteiger partial charge is 0.349 e. The highest BCUT2D eigenvalue weighted by atomic mass is 19.4. The molecule has 0 spiro atoms. The number of benzene rings is 3. The van der Waals surface area contributed by atoms with Gasteiger partial charge >= 0.3 is 6.18 Å². The summed E-state index contributed by atoms with van der Waals surface area (Å²) in [4.78, 5) is 17.3. The molecule has 4 aromatic rings. The molecule has 1 aromatic heterocycles. The summed E-state index contributed by atoms with van der Waals surface area (Å²) in [6, 6.07) is 23.5. The summed E-state index contributed by atoms with van der Waals surface area (Å²) in [5.41, 5.74) is 3.71. The molecule has 1 unspecified atom stereocenters. The van der Waals surface area contributed by atoms with Gasteiger partial charge in [-0.1, -0.05) is 49.4 Å². The normalized spacial score (nSPS) is 18.7. The summed E-state index contributed by atoms with van der Waals surface area (Å²) in [7, 11) is 0. The van der Waals surface area contributed by atoms with Gasteiger partial charge in [-0.25, -0.2) is 0 Å². The van der Waals surface area contributed by atoms with Crippen LogP contribution in [0.3, 0.4) is 0 Å². The van der Waals surface area contributed by atoms with Gasteiger partial charge in [0.05, 0.1) is 11.1 Å². The van der Waals surface area contributed by atoms with Crippen molar-refractivity contribution < 1.29 is 18.0 Å². The van der Waals surface area contributed by atoms with Crippen molar-refractivity contribution in [1.29, 1.82) is 0 Å². The van der Waals surface area contributed by atoms with Gasteiger partial charge in [0, 0.05) is 23.2 Å². The largest absolute Gasteiger partial charge is 0.416 e. The van der Waals surface area contributed by atoms with E-state index in [0.29, 0.717) is 22.4 Å². The third-order valence-electron chi connectivity index (χ3n) is 7.89. The number of nitrogens with one attached hydrogen (secondary N) is 1. The molecule has 3 nitrogen and oxygen atoms in total. The highest BCUT2D eigenvalue weighted by Gasteiger charge is 2.32. The van der Waals surface area contributed by atoms with E-state index < -0.39 is 11.7 Å². The molecule has 1 saturated carbocycles. The fraction of sp³-hybridized carbons (Fsp3) is 0.312. The first-order chi connectivity index (χ1) is 18.3. The summed E-state index contributed by atoms with van der Waals surface area (Å²) in [5.74, 6) is 0.444. The first-order valence-corrected chi connectivity index (χ1v) is 13.3. The van der Waals surface area contributed by atoms with Crippen LogP contribution in [-0.4, -0.2) is 16.9 Å². The minimum atomic E-state index is -4.38. The molecule has 0 aliphatic heterocycles. The van der Waals surface area contributed by atoms with Crippen LogP contribution in [0.5, 0.6) is 0 Å². The van der Waals surface area contributed by atoms with Gasteiger partial charge in [0.15, 0.2) is 0 Å². The summed E-state index contributed by atoms with van der Waals surface area (Å²) >= 11 is 0. The van der Waals surface area contributed by atoms with E-state index in [1.54, 1.807) is 6.20 Å². The Bertz CT molecular complexity index is 1390. The van der Waals surface area contributed by atoms with Crippen molar-refractivity contribution in [2.75, 3.05) is 0 Å². The van der Waals surface area contributed by atoms with Crippen molar-refractivity contribution in [1.82, 2.24) is 10.3 Å². The maximum atomic E-state index is 13.3. The fourth-order valence-corrected chi connectivity index (χ4v) is 5.78. The third kappa shape index (κ3) is 5.59. The summed E-state index contributed by atoms with van der Waals surface area (Å²) < 4.78 is 40.0. The number of fused-ring (bicyclic) bond motifs is 1. The Labute approximate surface area is 221 Å². The number of alkyl halides is 3. The van der Waals surface area contributed by atoms with E-state index in [1.807, 2.05) is 60.7 Å². The average molecular weight is 517 g/mol. The number of amides is 1. The molecular weight excluding hydrogens is 485 g/mol. The number of pyridine rings is 1. The highest BCUT2D eigenvalue weighted by molar-refractivity contribution is 5.95. The SMILES string of the molecule is CCC(NC(=O)c1ccc(-c2ccccc2)cc1)[C@H]1CC[C@H](c2ccnc3ccc(C(F)(F)F)cc32)CC1. The molecule has 1 aliphatic rings. The van der Waals surface area contributed by atoms with E-state index in [0.717, 1.165) is 54.9 Å². The van der Waals surface area contributed by atoms with Crippen LogP contribution < -0.4 is 5.32 Å². The van der Waals surface area contributed by atoms with E-state index >= 15 is 0 Å². The molecular formula is C32H31F3N2O. The summed E-state index contributed by atoms with van der Waals surface area (Å²) in [5, 5.41) is 3.83. The van der Waals surface area contributed by atoms with Crippen molar-refractivity contribution >= 4 is 16.8 Å². The molecule has 1 atom stereocenters. The number of nitrogens with zero attached hydrogens (tertiary/aromatic N) is 1. The molecule has 0 radical (unpaired) electrons. The van der Waals surface area contributed by atoms with Crippen molar-refractivity contribution in [2.45, 2.75) is 57.2 Å². The van der Waals surface area contributed by atoms with Gasteiger partial charge in [-0.3, -0.25) is 9.78 Å². The number of rotatable bonds is 6. The number of hydrogen-bond donors (Lipinski definition) is 1. The van der Waals surface area contributed by atoms with Gasteiger partial charge < -0.3 is 5.32 Å². The van der Waals surface area contributed by atoms with Crippen LogP contribution in [-0.2, 0) is 6.18 Å². The van der Waals surface area contributed by atoms with Gasteiger partial charge in [0.2, 0.25) is 0 Å². The molecule has 6 heteroatoms. The number of carbonyl (C=O) groups is 1. The Kier molecular flexibility index (Phi) is 7.50. The first-order valence-electron chi connectivity index (χ1n) is 13.3. The number of halogens is 3. The molecule has 0 saturated heterocycles. The standard InChI is InChI=1S/C32H31F3N2O/c1-2-29(37-31(38)25-14-8-22(9-15-25)21-6-4-3-5-7-21)24-12-10-23(11-13-24)27-18-19-36-30-17-16-26(20-28(27)30)32(33,34)35/h3-9,14-20,23-24,29H,2,10-13H2,1H3,(H,37,38)/t23-,24-,29?. The van der Waals surface area contributed by atoms with E-state index in [2.05, 4.69) is 17.2 Å². The van der Waals surface area contributed by atoms with Crippen LogP contribution in [0.25, 0.3) is 22.0 Å². The van der Waals surface area contributed by atoms with Crippen molar-refractivity contribution in [2.24, 2.45) is 5.92 Å². The van der Waals surface area contributed by atoms with Crippen LogP contribution in [0, 0.1) is 5.92 Å². The molecule has 0 bridgehead atoms. The minimum absolute atomic E-state index is 0.0586. The lowest BCUT2D eigenvalue weighted by atomic mass is 9.75. The Balaban J connectivity index is 1.24. The maximum Gasteiger partial charge on any atom is 0.416 e. The minimum Gasteiger partial charge on any atom is -0.349 e. The van der Waals surface area contributed by atoms with Crippen molar-refractivity contribution in [3.8, 4) is 11.1 Å². The zero-order valence-electron chi connectivity index (χ0n) is 21.3. The molecule has 196 valence electrons. The summed E-state index contributed by atoms with van der Waals surface area (Å²) in [6.07, 6.45) is 1.72. The van der Waals surface area contributed by atoms with Gasteiger partial charge in [-0.2, -0.15) is 13.2 Å². The Morgan fingerprint density at radius 1 is 0.921 bits per heavy atom. The number of aromatic nitrogens is 1. The first kappa shape index (κ1) is 26.0. The van der Waals surface area contributed by atoms with Crippen molar-refractivity contribution in [3.05, 3.63) is 102 Å². The molecule has 1 fully saturated rings. The lowest BCUT2D eigenvalue weighted by molar-refractivity contribution is -0.137. The second-order valence-corrected chi connectivity index (χ2v) is 10.2. The van der Waals surface area contributed by atoms with Crippen LogP contribution in [0.15, 0.2) is 85.1 Å². The second kappa shape index (κ2) is 11.0. The maximum absolute atomic E-state index is 13.3.